The standard InChI is InChI=1S/C12H20O4/c1-3-11(2,15)7-12(10(13)14)6-8-4-5-9(12)16-8/h8-9,15H,3-7H2,1-2H3,(H,13,14). The summed E-state index contributed by atoms with van der Waals surface area (Å²) in [6.07, 6.45) is 3.10. The van der Waals surface area contributed by atoms with Gasteiger partial charge in [0.2, 0.25) is 0 Å². The highest BCUT2D eigenvalue weighted by Gasteiger charge is 2.59. The van der Waals surface area contributed by atoms with Gasteiger partial charge in [-0.15, -0.1) is 0 Å². The van der Waals surface area contributed by atoms with Crippen molar-refractivity contribution in [3.63, 3.8) is 0 Å². The molecule has 0 aromatic rings. The lowest BCUT2D eigenvalue weighted by Gasteiger charge is -2.36. The van der Waals surface area contributed by atoms with Crippen LogP contribution in [0.5, 0.6) is 0 Å². The Kier molecular flexibility index (Phi) is 2.75. The van der Waals surface area contributed by atoms with Crippen molar-refractivity contribution in [3.8, 4) is 0 Å². The molecule has 2 heterocycles. The van der Waals surface area contributed by atoms with Crippen LogP contribution in [-0.2, 0) is 9.53 Å². The fourth-order valence-electron chi connectivity index (χ4n) is 3.09. The van der Waals surface area contributed by atoms with Crippen molar-refractivity contribution < 1.29 is 19.7 Å². The molecule has 4 unspecified atom stereocenters. The first-order chi connectivity index (χ1) is 7.39. The van der Waals surface area contributed by atoms with Gasteiger partial charge in [-0.1, -0.05) is 6.92 Å². The maximum Gasteiger partial charge on any atom is 0.312 e. The predicted molar refractivity (Wildman–Crippen MR) is 58.1 cm³/mol. The second-order valence-electron chi connectivity index (χ2n) is 5.52. The number of aliphatic carboxylic acids is 1. The third-order valence-corrected chi connectivity index (χ3v) is 4.20. The Bertz CT molecular complexity index is 299. The van der Waals surface area contributed by atoms with Crippen LogP contribution in [0.15, 0.2) is 0 Å². The number of aliphatic hydroxyl groups is 1. The molecule has 0 aromatic carbocycles. The van der Waals surface area contributed by atoms with E-state index in [2.05, 4.69) is 0 Å². The highest BCUT2D eigenvalue weighted by atomic mass is 16.5. The Labute approximate surface area is 95.6 Å². The van der Waals surface area contributed by atoms with Gasteiger partial charge in [-0.3, -0.25) is 4.79 Å². The highest BCUT2D eigenvalue weighted by Crippen LogP contribution is 2.52. The summed E-state index contributed by atoms with van der Waals surface area (Å²) in [5, 5.41) is 19.6. The number of hydrogen-bond donors (Lipinski definition) is 2. The zero-order valence-electron chi connectivity index (χ0n) is 9.90. The lowest BCUT2D eigenvalue weighted by Crippen LogP contribution is -2.46. The molecule has 16 heavy (non-hydrogen) atoms. The second kappa shape index (κ2) is 3.70. The van der Waals surface area contributed by atoms with Crippen LogP contribution in [0, 0.1) is 5.41 Å². The van der Waals surface area contributed by atoms with E-state index >= 15 is 0 Å². The van der Waals surface area contributed by atoms with Gasteiger partial charge in [0.1, 0.15) is 0 Å². The van der Waals surface area contributed by atoms with Crippen LogP contribution in [0.3, 0.4) is 0 Å². The average Bonchev–Trinajstić information content (AvgIpc) is 2.77. The van der Waals surface area contributed by atoms with E-state index in [-0.39, 0.29) is 12.2 Å². The van der Waals surface area contributed by atoms with Crippen molar-refractivity contribution >= 4 is 5.97 Å². The Morgan fingerprint density at radius 1 is 1.56 bits per heavy atom. The molecule has 2 aliphatic rings. The summed E-state index contributed by atoms with van der Waals surface area (Å²) in [4.78, 5) is 11.5. The molecule has 2 bridgehead atoms. The lowest BCUT2D eigenvalue weighted by molar-refractivity contribution is -0.157. The summed E-state index contributed by atoms with van der Waals surface area (Å²) >= 11 is 0. The molecule has 0 aliphatic carbocycles. The number of carboxylic acids is 1. The maximum absolute atomic E-state index is 11.5. The molecule has 2 fully saturated rings. The monoisotopic (exact) mass is 228 g/mol. The average molecular weight is 228 g/mol. The van der Waals surface area contributed by atoms with Crippen LogP contribution in [0.2, 0.25) is 0 Å². The van der Waals surface area contributed by atoms with Crippen LogP contribution >= 0.6 is 0 Å². The van der Waals surface area contributed by atoms with Crippen molar-refractivity contribution in [1.29, 1.82) is 0 Å². The Morgan fingerprint density at radius 2 is 2.25 bits per heavy atom. The maximum atomic E-state index is 11.5. The van der Waals surface area contributed by atoms with Crippen LogP contribution in [0.25, 0.3) is 0 Å². The molecule has 2 N–H and O–H groups in total. The molecule has 0 radical (unpaired) electrons. The number of carboxylic acid groups (broad SMARTS) is 1. The van der Waals surface area contributed by atoms with Crippen LogP contribution in [0.1, 0.15) is 46.0 Å². The van der Waals surface area contributed by atoms with Crippen molar-refractivity contribution in [1.82, 2.24) is 0 Å². The number of rotatable bonds is 4. The quantitative estimate of drug-likeness (QED) is 0.766. The zero-order chi connectivity index (χ0) is 12.0. The molecular weight excluding hydrogens is 208 g/mol. The molecule has 4 atom stereocenters. The molecule has 0 aromatic heterocycles. The van der Waals surface area contributed by atoms with Crippen molar-refractivity contribution in [2.75, 3.05) is 0 Å². The largest absolute Gasteiger partial charge is 0.481 e. The van der Waals surface area contributed by atoms with Gasteiger partial charge in [-0.25, -0.2) is 0 Å². The molecule has 2 aliphatic heterocycles. The lowest BCUT2D eigenvalue weighted by atomic mass is 9.67. The molecule has 2 rings (SSSR count). The molecule has 4 heteroatoms. The second-order valence-corrected chi connectivity index (χ2v) is 5.52. The first-order valence-corrected chi connectivity index (χ1v) is 6.01. The SMILES string of the molecule is CCC(C)(O)CC1(C(=O)O)CC2CCC1O2. The Morgan fingerprint density at radius 3 is 2.62 bits per heavy atom. The molecule has 92 valence electrons. The van der Waals surface area contributed by atoms with Gasteiger partial charge < -0.3 is 14.9 Å². The highest BCUT2D eigenvalue weighted by molar-refractivity contribution is 5.76. The Balaban J connectivity index is 2.21. The fraction of sp³-hybridized carbons (Fsp3) is 0.917. The summed E-state index contributed by atoms with van der Waals surface area (Å²) in [6.45, 7) is 3.59. The smallest absolute Gasteiger partial charge is 0.312 e. The van der Waals surface area contributed by atoms with Gasteiger partial charge in [0.25, 0.3) is 0 Å². The van der Waals surface area contributed by atoms with E-state index in [0.717, 1.165) is 12.8 Å². The molecule has 0 saturated carbocycles. The molecule has 4 nitrogen and oxygen atoms in total. The van der Waals surface area contributed by atoms with Gasteiger partial charge in [0, 0.05) is 0 Å². The van der Waals surface area contributed by atoms with Crippen LogP contribution in [0.4, 0.5) is 0 Å². The predicted octanol–water partition coefficient (Wildman–Crippen LogP) is 1.56. The van der Waals surface area contributed by atoms with Gasteiger partial charge >= 0.3 is 5.97 Å². The summed E-state index contributed by atoms with van der Waals surface area (Å²) in [5.74, 6) is -0.812. The summed E-state index contributed by atoms with van der Waals surface area (Å²) in [7, 11) is 0. The Hall–Kier alpha value is -0.610. The molecule has 0 amide bonds. The minimum absolute atomic E-state index is 0.0914. The van der Waals surface area contributed by atoms with E-state index < -0.39 is 17.0 Å². The molecule has 0 spiro atoms. The summed E-state index contributed by atoms with van der Waals surface area (Å²) in [6, 6.07) is 0. The number of carbonyl (C=O) groups is 1. The van der Waals surface area contributed by atoms with E-state index in [0.29, 0.717) is 19.3 Å². The van der Waals surface area contributed by atoms with Gasteiger partial charge in [-0.2, -0.15) is 0 Å². The number of hydrogen-bond acceptors (Lipinski definition) is 3. The van der Waals surface area contributed by atoms with E-state index in [4.69, 9.17) is 4.74 Å². The van der Waals surface area contributed by atoms with E-state index in [1.54, 1.807) is 6.92 Å². The fourth-order valence-corrected chi connectivity index (χ4v) is 3.09. The first-order valence-electron chi connectivity index (χ1n) is 6.01. The first kappa shape index (κ1) is 11.9. The third kappa shape index (κ3) is 1.74. The third-order valence-electron chi connectivity index (χ3n) is 4.20. The van der Waals surface area contributed by atoms with Crippen molar-refractivity contribution in [2.24, 2.45) is 5.41 Å². The number of fused-ring (bicyclic) bond motifs is 2. The van der Waals surface area contributed by atoms with Gasteiger partial charge in [0.15, 0.2) is 0 Å². The van der Waals surface area contributed by atoms with Crippen molar-refractivity contribution in [3.05, 3.63) is 0 Å². The number of ether oxygens (including phenoxy) is 1. The zero-order valence-corrected chi connectivity index (χ0v) is 9.90. The van der Waals surface area contributed by atoms with Crippen LogP contribution < -0.4 is 0 Å². The summed E-state index contributed by atoms with van der Waals surface area (Å²) in [5.41, 5.74) is -1.77. The van der Waals surface area contributed by atoms with E-state index in [1.807, 2.05) is 6.92 Å². The van der Waals surface area contributed by atoms with E-state index in [9.17, 15) is 15.0 Å². The van der Waals surface area contributed by atoms with Crippen LogP contribution in [-0.4, -0.2) is 34.0 Å². The van der Waals surface area contributed by atoms with E-state index in [1.165, 1.54) is 0 Å². The summed E-state index contributed by atoms with van der Waals surface area (Å²) < 4.78 is 5.65. The van der Waals surface area contributed by atoms with Gasteiger partial charge in [0.05, 0.1) is 23.2 Å². The minimum Gasteiger partial charge on any atom is -0.481 e. The van der Waals surface area contributed by atoms with Gasteiger partial charge in [-0.05, 0) is 39.0 Å². The normalized spacial score (nSPS) is 40.9. The minimum atomic E-state index is -0.910. The molecule has 2 saturated heterocycles. The molecular formula is C12H20O4. The van der Waals surface area contributed by atoms with Crippen molar-refractivity contribution in [2.45, 2.75) is 63.8 Å². The topological polar surface area (TPSA) is 66.8 Å².